The predicted molar refractivity (Wildman–Crippen MR) is 80.1 cm³/mol. The maximum atomic E-state index is 5.40. The lowest BCUT2D eigenvalue weighted by atomic mass is 10.00. The summed E-state index contributed by atoms with van der Waals surface area (Å²) in [6, 6.07) is 4.26. The number of thiophene rings is 1. The molecular weight excluding hydrogens is 256 g/mol. The van der Waals surface area contributed by atoms with Crippen molar-refractivity contribution in [3.63, 3.8) is 0 Å². The van der Waals surface area contributed by atoms with E-state index in [-0.39, 0.29) is 0 Å². The van der Waals surface area contributed by atoms with Gasteiger partial charge in [-0.15, -0.1) is 11.3 Å². The lowest BCUT2D eigenvalue weighted by molar-refractivity contribution is 0.0550. The summed E-state index contributed by atoms with van der Waals surface area (Å²) in [7, 11) is 2.19. The van der Waals surface area contributed by atoms with Crippen LogP contribution in [0.15, 0.2) is 12.1 Å². The summed E-state index contributed by atoms with van der Waals surface area (Å²) in [5.74, 6) is 6.77. The number of hydrogen-bond donors (Lipinski definition) is 1. The molecule has 1 aromatic heterocycles. The Kier molecular flexibility index (Phi) is 5.87. The van der Waals surface area contributed by atoms with Crippen LogP contribution in [0.4, 0.5) is 0 Å². The molecule has 0 aliphatic carbocycles. The lowest BCUT2D eigenvalue weighted by Crippen LogP contribution is -2.29. The Morgan fingerprint density at radius 3 is 2.95 bits per heavy atom. The number of ether oxygens (including phenoxy) is 1. The number of hydrogen-bond acceptors (Lipinski definition) is 4. The first-order valence-electron chi connectivity index (χ1n) is 6.82. The molecule has 2 heterocycles. The quantitative estimate of drug-likeness (QED) is 0.855. The van der Waals surface area contributed by atoms with Crippen LogP contribution in [0.25, 0.3) is 0 Å². The minimum Gasteiger partial charge on any atom is -0.381 e. The van der Waals surface area contributed by atoms with Gasteiger partial charge in [-0.05, 0) is 37.9 Å². The molecule has 2 rings (SSSR count). The van der Waals surface area contributed by atoms with Crippen molar-refractivity contribution < 1.29 is 4.74 Å². The number of nitrogens with two attached hydrogens (primary N) is 1. The van der Waals surface area contributed by atoms with Gasteiger partial charge in [0.05, 0.1) is 11.4 Å². The first-order chi connectivity index (χ1) is 9.28. The molecule has 0 aromatic carbocycles. The Labute approximate surface area is 119 Å². The van der Waals surface area contributed by atoms with Crippen molar-refractivity contribution >= 4 is 11.3 Å². The third-order valence-corrected chi connectivity index (χ3v) is 4.30. The Morgan fingerprint density at radius 1 is 1.42 bits per heavy atom. The zero-order valence-corrected chi connectivity index (χ0v) is 12.3. The molecule has 0 bridgehead atoms. The van der Waals surface area contributed by atoms with Crippen LogP contribution >= 0.6 is 11.3 Å². The summed E-state index contributed by atoms with van der Waals surface area (Å²) >= 11 is 1.77. The fourth-order valence-electron chi connectivity index (χ4n) is 2.37. The topological polar surface area (TPSA) is 38.5 Å². The minimum absolute atomic E-state index is 0.427. The Morgan fingerprint density at radius 2 is 2.21 bits per heavy atom. The van der Waals surface area contributed by atoms with Gasteiger partial charge in [0.2, 0.25) is 0 Å². The highest BCUT2D eigenvalue weighted by Crippen LogP contribution is 2.20. The highest BCUT2D eigenvalue weighted by Gasteiger charge is 2.16. The van der Waals surface area contributed by atoms with Crippen molar-refractivity contribution in [1.29, 1.82) is 0 Å². The van der Waals surface area contributed by atoms with E-state index in [1.54, 1.807) is 11.3 Å². The summed E-state index contributed by atoms with van der Waals surface area (Å²) < 4.78 is 5.40. The van der Waals surface area contributed by atoms with E-state index in [1.165, 1.54) is 17.7 Å². The molecule has 4 heteroatoms. The molecule has 1 fully saturated rings. The summed E-state index contributed by atoms with van der Waals surface area (Å²) in [5, 5.41) is 0. The third kappa shape index (κ3) is 4.96. The van der Waals surface area contributed by atoms with Crippen molar-refractivity contribution in [2.75, 3.05) is 33.4 Å². The standard InChI is InChI=1S/C15H22N2OS/c1-17(11-13-6-9-18-10-7-13)12-15-5-4-14(19-15)3-2-8-16/h4-5,13H,6-12,16H2,1H3. The molecule has 0 saturated carbocycles. The van der Waals surface area contributed by atoms with E-state index in [0.717, 1.165) is 37.1 Å². The maximum absolute atomic E-state index is 5.40. The van der Waals surface area contributed by atoms with Crippen LogP contribution in [-0.4, -0.2) is 38.3 Å². The van der Waals surface area contributed by atoms with E-state index < -0.39 is 0 Å². The zero-order chi connectivity index (χ0) is 13.5. The van der Waals surface area contributed by atoms with Gasteiger partial charge in [0.25, 0.3) is 0 Å². The highest BCUT2D eigenvalue weighted by molar-refractivity contribution is 7.12. The van der Waals surface area contributed by atoms with Gasteiger partial charge < -0.3 is 15.4 Å². The average Bonchev–Trinajstić information content (AvgIpc) is 2.85. The molecule has 1 aliphatic rings. The second-order valence-corrected chi connectivity index (χ2v) is 6.19. The van der Waals surface area contributed by atoms with E-state index in [4.69, 9.17) is 10.5 Å². The summed E-state index contributed by atoms with van der Waals surface area (Å²) in [6.45, 7) is 4.45. The van der Waals surface area contributed by atoms with Gasteiger partial charge in [-0.2, -0.15) is 0 Å². The summed E-state index contributed by atoms with van der Waals surface area (Å²) in [5.41, 5.74) is 5.38. The molecule has 104 valence electrons. The van der Waals surface area contributed by atoms with Crippen LogP contribution in [0, 0.1) is 17.8 Å². The SMILES string of the molecule is CN(Cc1ccc(C#CCN)s1)CC1CCOCC1. The molecule has 3 nitrogen and oxygen atoms in total. The van der Waals surface area contributed by atoms with E-state index in [2.05, 4.69) is 35.9 Å². The summed E-state index contributed by atoms with van der Waals surface area (Å²) in [6.07, 6.45) is 2.39. The van der Waals surface area contributed by atoms with Gasteiger partial charge in [-0.1, -0.05) is 11.8 Å². The molecule has 1 aromatic rings. The van der Waals surface area contributed by atoms with Crippen molar-refractivity contribution in [2.45, 2.75) is 19.4 Å². The van der Waals surface area contributed by atoms with Crippen LogP contribution < -0.4 is 5.73 Å². The van der Waals surface area contributed by atoms with E-state index in [1.807, 2.05) is 0 Å². The molecule has 0 unspecified atom stereocenters. The Balaban J connectivity index is 1.80. The zero-order valence-electron chi connectivity index (χ0n) is 11.5. The van der Waals surface area contributed by atoms with E-state index in [9.17, 15) is 0 Å². The first kappa shape index (κ1) is 14.5. The molecule has 0 amide bonds. The third-order valence-electron chi connectivity index (χ3n) is 3.31. The van der Waals surface area contributed by atoms with E-state index >= 15 is 0 Å². The smallest absolute Gasteiger partial charge is 0.0772 e. The minimum atomic E-state index is 0.427. The largest absolute Gasteiger partial charge is 0.381 e. The van der Waals surface area contributed by atoms with Crippen LogP contribution in [0.2, 0.25) is 0 Å². The Bertz CT molecular complexity index is 440. The van der Waals surface area contributed by atoms with Crippen molar-refractivity contribution in [2.24, 2.45) is 11.7 Å². The second-order valence-electron chi connectivity index (χ2n) is 5.02. The van der Waals surface area contributed by atoms with Gasteiger partial charge in [-0.25, -0.2) is 0 Å². The van der Waals surface area contributed by atoms with Crippen LogP contribution in [0.5, 0.6) is 0 Å². The molecule has 19 heavy (non-hydrogen) atoms. The van der Waals surface area contributed by atoms with Gasteiger partial charge in [0, 0.05) is 31.2 Å². The molecule has 2 N–H and O–H groups in total. The van der Waals surface area contributed by atoms with Gasteiger partial charge in [0.15, 0.2) is 0 Å². The Hall–Kier alpha value is -0.860. The maximum Gasteiger partial charge on any atom is 0.0772 e. The second kappa shape index (κ2) is 7.66. The van der Waals surface area contributed by atoms with Crippen molar-refractivity contribution in [3.8, 4) is 11.8 Å². The van der Waals surface area contributed by atoms with Crippen LogP contribution in [0.3, 0.4) is 0 Å². The number of nitrogens with zero attached hydrogens (tertiary/aromatic N) is 1. The fraction of sp³-hybridized carbons (Fsp3) is 0.600. The number of rotatable bonds is 4. The first-order valence-corrected chi connectivity index (χ1v) is 7.63. The van der Waals surface area contributed by atoms with Crippen molar-refractivity contribution in [3.05, 3.63) is 21.9 Å². The van der Waals surface area contributed by atoms with Crippen LogP contribution in [0.1, 0.15) is 22.6 Å². The lowest BCUT2D eigenvalue weighted by Gasteiger charge is -2.26. The molecule has 0 atom stereocenters. The average molecular weight is 278 g/mol. The van der Waals surface area contributed by atoms with Gasteiger partial charge in [0.1, 0.15) is 0 Å². The molecule has 1 saturated heterocycles. The van der Waals surface area contributed by atoms with Gasteiger partial charge in [-0.3, -0.25) is 0 Å². The van der Waals surface area contributed by atoms with Crippen molar-refractivity contribution in [1.82, 2.24) is 4.90 Å². The fourth-order valence-corrected chi connectivity index (χ4v) is 3.33. The molecular formula is C15H22N2OS. The highest BCUT2D eigenvalue weighted by atomic mass is 32.1. The summed E-state index contributed by atoms with van der Waals surface area (Å²) in [4.78, 5) is 4.89. The molecule has 0 spiro atoms. The molecule has 1 aliphatic heterocycles. The normalized spacial score (nSPS) is 16.4. The van der Waals surface area contributed by atoms with Gasteiger partial charge >= 0.3 is 0 Å². The van der Waals surface area contributed by atoms with Crippen LogP contribution in [-0.2, 0) is 11.3 Å². The predicted octanol–water partition coefficient (Wildman–Crippen LogP) is 1.92. The molecule has 0 radical (unpaired) electrons. The monoisotopic (exact) mass is 278 g/mol. The van der Waals surface area contributed by atoms with E-state index in [0.29, 0.717) is 6.54 Å².